The summed E-state index contributed by atoms with van der Waals surface area (Å²) in [7, 11) is 4.00. The summed E-state index contributed by atoms with van der Waals surface area (Å²) in [6.07, 6.45) is 3.53. The predicted molar refractivity (Wildman–Crippen MR) is 119 cm³/mol. The number of likely N-dealkylation sites (N-methyl/N-ethyl adjacent to an activating group) is 1. The lowest BCUT2D eigenvalue weighted by Gasteiger charge is -2.15. The summed E-state index contributed by atoms with van der Waals surface area (Å²) in [6.45, 7) is 3.37. The molecule has 3 heterocycles. The van der Waals surface area contributed by atoms with Gasteiger partial charge >= 0.3 is 0 Å². The van der Waals surface area contributed by atoms with Gasteiger partial charge in [0.15, 0.2) is 5.65 Å². The van der Waals surface area contributed by atoms with Crippen molar-refractivity contribution < 1.29 is 9.13 Å². The van der Waals surface area contributed by atoms with Gasteiger partial charge in [-0.25, -0.2) is 18.9 Å². The van der Waals surface area contributed by atoms with E-state index in [0.717, 1.165) is 29.0 Å². The molecule has 7 nitrogen and oxygen atoms in total. The maximum atomic E-state index is 13.5. The molecule has 31 heavy (non-hydrogen) atoms. The van der Waals surface area contributed by atoms with Gasteiger partial charge in [0.1, 0.15) is 18.2 Å². The smallest absolute Gasteiger partial charge is 0.213 e. The number of hydrogen-bond acceptors (Lipinski definition) is 6. The molecule has 4 aromatic rings. The van der Waals surface area contributed by atoms with E-state index >= 15 is 0 Å². The lowest BCUT2D eigenvalue weighted by atomic mass is 10.1. The Morgan fingerprint density at radius 2 is 1.97 bits per heavy atom. The summed E-state index contributed by atoms with van der Waals surface area (Å²) in [4.78, 5) is 10.9. The molecule has 8 heteroatoms. The third kappa shape index (κ3) is 4.97. The molecule has 3 aromatic heterocycles. The van der Waals surface area contributed by atoms with Crippen molar-refractivity contribution in [3.8, 4) is 17.1 Å². The summed E-state index contributed by atoms with van der Waals surface area (Å²) >= 11 is 0. The quantitative estimate of drug-likeness (QED) is 0.464. The number of pyridine rings is 1. The van der Waals surface area contributed by atoms with Gasteiger partial charge < -0.3 is 15.0 Å². The fourth-order valence-corrected chi connectivity index (χ4v) is 3.18. The maximum absolute atomic E-state index is 13.5. The summed E-state index contributed by atoms with van der Waals surface area (Å²) in [5.41, 5.74) is 3.28. The van der Waals surface area contributed by atoms with Gasteiger partial charge in [0, 0.05) is 24.4 Å². The Balaban J connectivity index is 1.53. The fourth-order valence-electron chi connectivity index (χ4n) is 3.18. The summed E-state index contributed by atoms with van der Waals surface area (Å²) in [6, 6.07) is 14.0. The Hall–Kier alpha value is -3.52. The first-order valence-electron chi connectivity index (χ1n) is 10.1. The predicted octanol–water partition coefficient (Wildman–Crippen LogP) is 4.04. The van der Waals surface area contributed by atoms with Crippen LogP contribution in [0.25, 0.3) is 16.9 Å². The van der Waals surface area contributed by atoms with Crippen LogP contribution >= 0.6 is 0 Å². The number of nitrogens with zero attached hydrogens (tertiary/aromatic N) is 5. The summed E-state index contributed by atoms with van der Waals surface area (Å²) < 4.78 is 21.0. The molecule has 0 aliphatic heterocycles. The van der Waals surface area contributed by atoms with Crippen LogP contribution in [0.4, 0.5) is 10.2 Å². The van der Waals surface area contributed by atoms with Crippen LogP contribution in [0.2, 0.25) is 0 Å². The molecule has 1 unspecified atom stereocenters. The average Bonchev–Trinajstić information content (AvgIpc) is 3.17. The number of benzene rings is 1. The van der Waals surface area contributed by atoms with E-state index in [1.54, 1.807) is 23.0 Å². The van der Waals surface area contributed by atoms with Crippen molar-refractivity contribution in [2.24, 2.45) is 0 Å². The van der Waals surface area contributed by atoms with E-state index in [-0.39, 0.29) is 11.9 Å². The molecule has 1 aromatic carbocycles. The average molecular weight is 420 g/mol. The molecule has 0 aliphatic carbocycles. The monoisotopic (exact) mass is 420 g/mol. The van der Waals surface area contributed by atoms with Gasteiger partial charge in [-0.2, -0.15) is 0 Å². The molecule has 160 valence electrons. The van der Waals surface area contributed by atoms with E-state index in [1.807, 2.05) is 51.4 Å². The van der Waals surface area contributed by atoms with Gasteiger partial charge in [-0.3, -0.25) is 0 Å². The first-order chi connectivity index (χ1) is 15.0. The van der Waals surface area contributed by atoms with Crippen molar-refractivity contribution >= 4 is 11.5 Å². The Kier molecular flexibility index (Phi) is 6.08. The van der Waals surface area contributed by atoms with E-state index in [4.69, 9.17) is 4.74 Å². The van der Waals surface area contributed by atoms with E-state index in [0.29, 0.717) is 18.3 Å². The number of anilines is 1. The second kappa shape index (κ2) is 9.09. The Morgan fingerprint density at radius 1 is 1.10 bits per heavy atom. The Morgan fingerprint density at radius 3 is 2.71 bits per heavy atom. The highest BCUT2D eigenvalue weighted by Crippen LogP contribution is 2.23. The van der Waals surface area contributed by atoms with Crippen LogP contribution in [0.1, 0.15) is 18.5 Å². The number of fused-ring (bicyclic) bond motifs is 1. The molecule has 0 fully saturated rings. The van der Waals surface area contributed by atoms with Crippen LogP contribution < -0.4 is 10.1 Å². The zero-order valence-corrected chi connectivity index (χ0v) is 17.8. The molecule has 4 rings (SSSR count). The first kappa shape index (κ1) is 20.7. The zero-order valence-electron chi connectivity index (χ0n) is 17.8. The van der Waals surface area contributed by atoms with Crippen molar-refractivity contribution in [1.29, 1.82) is 0 Å². The lowest BCUT2D eigenvalue weighted by Crippen LogP contribution is -2.19. The molecule has 0 saturated carbocycles. The van der Waals surface area contributed by atoms with Crippen LogP contribution in [0.15, 0.2) is 60.9 Å². The van der Waals surface area contributed by atoms with Gasteiger partial charge in [0.05, 0.1) is 17.9 Å². The fraction of sp³-hybridized carbons (Fsp3) is 0.261. The minimum Gasteiger partial charge on any atom is -0.476 e. The van der Waals surface area contributed by atoms with E-state index in [1.165, 1.54) is 12.1 Å². The third-order valence-corrected chi connectivity index (χ3v) is 4.90. The normalized spacial score (nSPS) is 12.3. The minimum absolute atomic E-state index is 0.104. The van der Waals surface area contributed by atoms with Crippen LogP contribution in [0.5, 0.6) is 5.88 Å². The molecule has 0 aliphatic rings. The number of aromatic nitrogens is 4. The topological polar surface area (TPSA) is 67.6 Å². The van der Waals surface area contributed by atoms with Crippen molar-refractivity contribution in [2.45, 2.75) is 13.0 Å². The molecule has 1 atom stereocenters. The van der Waals surface area contributed by atoms with E-state index in [9.17, 15) is 4.39 Å². The van der Waals surface area contributed by atoms with Crippen LogP contribution in [0, 0.1) is 5.82 Å². The van der Waals surface area contributed by atoms with Gasteiger partial charge in [0.2, 0.25) is 5.88 Å². The molecule has 0 spiro atoms. The van der Waals surface area contributed by atoms with Crippen LogP contribution in [0.3, 0.4) is 0 Å². The third-order valence-electron chi connectivity index (χ3n) is 4.90. The first-order valence-corrected chi connectivity index (χ1v) is 10.1. The van der Waals surface area contributed by atoms with Crippen molar-refractivity contribution in [1.82, 2.24) is 24.5 Å². The van der Waals surface area contributed by atoms with Gasteiger partial charge in [-0.1, -0.05) is 12.1 Å². The molecular formula is C23H25FN6O. The largest absolute Gasteiger partial charge is 0.476 e. The molecular weight excluding hydrogens is 395 g/mol. The number of halogens is 1. The highest BCUT2D eigenvalue weighted by Gasteiger charge is 2.11. The standard InChI is InChI=1S/C23H25FN6O/c1-16(17-5-4-6-19(24)13-17)27-21-8-9-22-25-15-20(30(22)28-21)18-7-10-23(26-14-18)31-12-11-29(2)3/h4-10,13-16H,11-12H2,1-3H3,(H,27,28). The van der Waals surface area contributed by atoms with E-state index < -0.39 is 0 Å². The highest BCUT2D eigenvalue weighted by atomic mass is 19.1. The lowest BCUT2D eigenvalue weighted by molar-refractivity contribution is 0.254. The second-order valence-electron chi connectivity index (χ2n) is 7.59. The number of nitrogens with one attached hydrogen (secondary N) is 1. The highest BCUT2D eigenvalue weighted by molar-refractivity contribution is 5.63. The molecule has 0 bridgehead atoms. The molecule has 1 N–H and O–H groups in total. The summed E-state index contributed by atoms with van der Waals surface area (Å²) in [5.74, 6) is 0.992. The molecule has 0 amide bonds. The van der Waals surface area contributed by atoms with E-state index in [2.05, 4.69) is 25.3 Å². The van der Waals surface area contributed by atoms with Crippen molar-refractivity contribution in [2.75, 3.05) is 32.6 Å². The van der Waals surface area contributed by atoms with Crippen molar-refractivity contribution in [3.05, 3.63) is 72.3 Å². The van der Waals surface area contributed by atoms with Crippen LogP contribution in [-0.2, 0) is 0 Å². The summed E-state index contributed by atoms with van der Waals surface area (Å²) in [5, 5.41) is 8.00. The maximum Gasteiger partial charge on any atom is 0.213 e. The Bertz CT molecular complexity index is 1160. The number of ether oxygens (including phenoxy) is 1. The Labute approximate surface area is 180 Å². The van der Waals surface area contributed by atoms with Crippen LogP contribution in [-0.4, -0.2) is 51.7 Å². The zero-order chi connectivity index (χ0) is 21.8. The van der Waals surface area contributed by atoms with Gasteiger partial charge in [-0.05, 0) is 56.9 Å². The molecule has 0 radical (unpaired) electrons. The minimum atomic E-state index is -0.256. The SMILES string of the molecule is CC(Nc1ccc2ncc(-c3ccc(OCCN(C)C)nc3)n2n1)c1cccc(F)c1. The van der Waals surface area contributed by atoms with Gasteiger partial charge in [-0.15, -0.1) is 5.10 Å². The number of hydrogen-bond donors (Lipinski definition) is 1. The number of rotatable bonds is 8. The van der Waals surface area contributed by atoms with Crippen molar-refractivity contribution in [3.63, 3.8) is 0 Å². The number of imidazole rings is 1. The second-order valence-corrected chi connectivity index (χ2v) is 7.59. The van der Waals surface area contributed by atoms with Gasteiger partial charge in [0.25, 0.3) is 0 Å². The molecule has 0 saturated heterocycles.